The number of ether oxygens (including phenoxy) is 1. The molecule has 100 valence electrons. The molecule has 0 aromatic heterocycles. The first-order chi connectivity index (χ1) is 8.58. The molecular weight excluding hydrogens is 251 g/mol. The Kier molecular flexibility index (Phi) is 4.63. The number of benzene rings is 1. The Hall–Kier alpha value is -0.600. The van der Waals surface area contributed by atoms with Crippen molar-refractivity contribution in [1.82, 2.24) is 0 Å². The van der Waals surface area contributed by atoms with Crippen LogP contribution in [0.25, 0.3) is 0 Å². The van der Waals surface area contributed by atoms with Crippen molar-refractivity contribution in [2.24, 2.45) is 0 Å². The van der Waals surface area contributed by atoms with Crippen LogP contribution < -0.4 is 0 Å². The van der Waals surface area contributed by atoms with Gasteiger partial charge in [0.05, 0.1) is 11.5 Å². The predicted molar refractivity (Wildman–Crippen MR) is 72.7 cm³/mol. The molecule has 1 saturated heterocycles. The minimum absolute atomic E-state index is 0.0465. The highest BCUT2D eigenvalue weighted by Gasteiger charge is 2.19. The second-order valence-corrected chi connectivity index (χ2v) is 5.66. The third-order valence-electron chi connectivity index (χ3n) is 3.64. The average Bonchev–Trinajstić information content (AvgIpc) is 2.77. The number of aryl methyl sites for hydroxylation is 2. The summed E-state index contributed by atoms with van der Waals surface area (Å²) >= 11 is 6.47. The van der Waals surface area contributed by atoms with E-state index in [1.54, 1.807) is 12.1 Å². The molecule has 0 amide bonds. The number of rotatable bonds is 4. The molecule has 1 nitrogen and oxygen atoms in total. The van der Waals surface area contributed by atoms with Crippen LogP contribution in [-0.4, -0.2) is 12.7 Å². The molecule has 2 atom stereocenters. The third kappa shape index (κ3) is 3.24. The minimum atomic E-state index is -0.184. The first-order valence-electron chi connectivity index (χ1n) is 6.60. The van der Waals surface area contributed by atoms with E-state index in [0.29, 0.717) is 6.10 Å². The lowest BCUT2D eigenvalue weighted by atomic mass is 9.96. The second-order valence-electron chi connectivity index (χ2n) is 5.13. The predicted octanol–water partition coefficient (Wildman–Crippen LogP) is 4.68. The summed E-state index contributed by atoms with van der Waals surface area (Å²) in [6.45, 7) is 4.73. The first-order valence-corrected chi connectivity index (χ1v) is 7.04. The van der Waals surface area contributed by atoms with Crippen molar-refractivity contribution in [3.05, 3.63) is 34.6 Å². The van der Waals surface area contributed by atoms with Gasteiger partial charge >= 0.3 is 0 Å². The van der Waals surface area contributed by atoms with Crippen molar-refractivity contribution < 1.29 is 9.13 Å². The molecule has 1 aliphatic rings. The smallest absolute Gasteiger partial charge is 0.123 e. The Labute approximate surface area is 113 Å². The van der Waals surface area contributed by atoms with Gasteiger partial charge in [0.25, 0.3) is 0 Å². The van der Waals surface area contributed by atoms with Gasteiger partial charge in [-0.2, -0.15) is 0 Å². The van der Waals surface area contributed by atoms with Gasteiger partial charge in [0, 0.05) is 6.61 Å². The summed E-state index contributed by atoms with van der Waals surface area (Å²) in [6.07, 6.45) is 4.55. The zero-order valence-corrected chi connectivity index (χ0v) is 11.8. The maximum absolute atomic E-state index is 13.2. The van der Waals surface area contributed by atoms with E-state index >= 15 is 0 Å². The molecule has 2 rings (SSSR count). The summed E-state index contributed by atoms with van der Waals surface area (Å²) in [7, 11) is 0. The van der Waals surface area contributed by atoms with Crippen LogP contribution in [0.2, 0.25) is 0 Å². The van der Waals surface area contributed by atoms with Gasteiger partial charge in [-0.25, -0.2) is 4.39 Å². The standard InChI is InChI=1S/C15H20ClFO/c1-10-8-12(17)9-11(2)15(10)14(16)6-5-13-4-3-7-18-13/h8-9,13-14H,3-7H2,1-2H3. The molecule has 3 heteroatoms. The summed E-state index contributed by atoms with van der Waals surface area (Å²) in [5.41, 5.74) is 2.97. The Morgan fingerprint density at radius 3 is 2.61 bits per heavy atom. The molecule has 0 bridgehead atoms. The lowest BCUT2D eigenvalue weighted by Gasteiger charge is -2.17. The SMILES string of the molecule is Cc1cc(F)cc(C)c1C(Cl)CCC1CCCO1. The number of halogens is 2. The van der Waals surface area contributed by atoms with Gasteiger partial charge in [-0.1, -0.05) is 0 Å². The van der Waals surface area contributed by atoms with Gasteiger partial charge in [0.2, 0.25) is 0 Å². The van der Waals surface area contributed by atoms with Crippen LogP contribution in [0.4, 0.5) is 4.39 Å². The van der Waals surface area contributed by atoms with Gasteiger partial charge in [-0.15, -0.1) is 11.6 Å². The molecule has 18 heavy (non-hydrogen) atoms. The quantitative estimate of drug-likeness (QED) is 0.722. The van der Waals surface area contributed by atoms with Gasteiger partial charge in [0.1, 0.15) is 5.82 Å². The van der Waals surface area contributed by atoms with E-state index in [9.17, 15) is 4.39 Å². The maximum atomic E-state index is 13.2. The molecule has 0 saturated carbocycles. The molecule has 2 unspecified atom stereocenters. The fourth-order valence-corrected chi connectivity index (χ4v) is 3.23. The molecule has 1 heterocycles. The normalized spacial score (nSPS) is 21.2. The van der Waals surface area contributed by atoms with Gasteiger partial charge in [-0.05, 0) is 68.4 Å². The van der Waals surface area contributed by atoms with Gasteiger partial charge < -0.3 is 4.74 Å². The van der Waals surface area contributed by atoms with Crippen molar-refractivity contribution in [2.45, 2.75) is 51.0 Å². The van der Waals surface area contributed by atoms with Crippen LogP contribution in [0.3, 0.4) is 0 Å². The Morgan fingerprint density at radius 1 is 1.39 bits per heavy atom. The minimum Gasteiger partial charge on any atom is -0.378 e. The zero-order chi connectivity index (χ0) is 13.1. The van der Waals surface area contributed by atoms with Crippen molar-refractivity contribution in [3.8, 4) is 0 Å². The van der Waals surface area contributed by atoms with Crippen LogP contribution >= 0.6 is 11.6 Å². The number of hydrogen-bond donors (Lipinski definition) is 0. The van der Waals surface area contributed by atoms with Gasteiger partial charge in [0.15, 0.2) is 0 Å². The van der Waals surface area contributed by atoms with Crippen LogP contribution in [0.1, 0.15) is 47.8 Å². The molecule has 1 fully saturated rings. The second kappa shape index (κ2) is 6.03. The Morgan fingerprint density at radius 2 is 2.06 bits per heavy atom. The van der Waals surface area contributed by atoms with E-state index in [-0.39, 0.29) is 11.2 Å². The van der Waals surface area contributed by atoms with Crippen LogP contribution in [0.15, 0.2) is 12.1 Å². The molecule has 0 spiro atoms. The summed E-state index contributed by atoms with van der Waals surface area (Å²) < 4.78 is 18.8. The van der Waals surface area contributed by atoms with Gasteiger partial charge in [-0.3, -0.25) is 0 Å². The molecular formula is C15H20ClFO. The molecule has 0 N–H and O–H groups in total. The van der Waals surface area contributed by atoms with E-state index in [2.05, 4.69) is 0 Å². The lowest BCUT2D eigenvalue weighted by molar-refractivity contribution is 0.102. The third-order valence-corrected chi connectivity index (χ3v) is 4.07. The molecule has 0 radical (unpaired) electrons. The highest BCUT2D eigenvalue weighted by molar-refractivity contribution is 6.21. The van der Waals surface area contributed by atoms with Crippen molar-refractivity contribution >= 4 is 11.6 Å². The zero-order valence-electron chi connectivity index (χ0n) is 11.0. The van der Waals surface area contributed by atoms with Crippen molar-refractivity contribution in [3.63, 3.8) is 0 Å². The molecule has 1 aromatic rings. The summed E-state index contributed by atoms with van der Waals surface area (Å²) in [4.78, 5) is 0. The summed E-state index contributed by atoms with van der Waals surface area (Å²) in [6, 6.07) is 3.12. The monoisotopic (exact) mass is 270 g/mol. The van der Waals surface area contributed by atoms with Crippen LogP contribution in [0.5, 0.6) is 0 Å². The van der Waals surface area contributed by atoms with Crippen LogP contribution in [0, 0.1) is 19.7 Å². The highest BCUT2D eigenvalue weighted by atomic mass is 35.5. The molecule has 0 aliphatic carbocycles. The molecule has 1 aromatic carbocycles. The fraction of sp³-hybridized carbons (Fsp3) is 0.600. The highest BCUT2D eigenvalue weighted by Crippen LogP contribution is 2.33. The largest absolute Gasteiger partial charge is 0.378 e. The first kappa shape index (κ1) is 13.8. The summed E-state index contributed by atoms with van der Waals surface area (Å²) in [5.74, 6) is -0.184. The Balaban J connectivity index is 2.01. The molecule has 1 aliphatic heterocycles. The fourth-order valence-electron chi connectivity index (χ4n) is 2.76. The topological polar surface area (TPSA) is 9.23 Å². The number of hydrogen-bond acceptors (Lipinski definition) is 1. The van der Waals surface area contributed by atoms with E-state index in [1.807, 2.05) is 13.8 Å². The maximum Gasteiger partial charge on any atom is 0.123 e. The van der Waals surface area contributed by atoms with Crippen LogP contribution in [-0.2, 0) is 4.74 Å². The van der Waals surface area contributed by atoms with E-state index in [0.717, 1.165) is 49.0 Å². The van der Waals surface area contributed by atoms with Crippen molar-refractivity contribution in [2.75, 3.05) is 6.61 Å². The Bertz CT molecular complexity index is 390. The average molecular weight is 271 g/mol. The summed E-state index contributed by atoms with van der Waals surface area (Å²) in [5, 5.41) is -0.0465. The lowest BCUT2D eigenvalue weighted by Crippen LogP contribution is -2.07. The van der Waals surface area contributed by atoms with Crippen molar-refractivity contribution in [1.29, 1.82) is 0 Å². The van der Waals surface area contributed by atoms with E-state index in [1.165, 1.54) is 0 Å². The number of alkyl halides is 1. The van der Waals surface area contributed by atoms with E-state index in [4.69, 9.17) is 16.3 Å². The van der Waals surface area contributed by atoms with E-state index < -0.39 is 0 Å².